The Labute approximate surface area is 144 Å². The van der Waals surface area contributed by atoms with Gasteiger partial charge in [0.05, 0.1) is 18.4 Å². The summed E-state index contributed by atoms with van der Waals surface area (Å²) in [4.78, 5) is 4.49. The summed E-state index contributed by atoms with van der Waals surface area (Å²) in [5, 5.41) is 20.3. The summed E-state index contributed by atoms with van der Waals surface area (Å²) in [5.41, 5.74) is 10.0. The lowest BCUT2D eigenvalue weighted by atomic mass is 10.0. The Hall–Kier alpha value is -2.54. The lowest BCUT2D eigenvalue weighted by Gasteiger charge is -2.12. The molecular weight excluding hydrogens is 324 g/mol. The van der Waals surface area contributed by atoms with Crippen LogP contribution in [0.15, 0.2) is 17.5 Å². The Morgan fingerprint density at radius 1 is 1.38 bits per heavy atom. The second kappa shape index (κ2) is 6.52. The molecule has 4 N–H and O–H groups in total. The van der Waals surface area contributed by atoms with Gasteiger partial charge in [0.2, 0.25) is 0 Å². The van der Waals surface area contributed by atoms with E-state index in [1.807, 2.05) is 18.4 Å². The monoisotopic (exact) mass is 344 g/mol. The first-order valence-electron chi connectivity index (χ1n) is 7.71. The summed E-state index contributed by atoms with van der Waals surface area (Å²) in [6, 6.07) is 3.56. The number of nitrogens with zero attached hydrogens (tertiary/aromatic N) is 2. The quantitative estimate of drug-likeness (QED) is 0.655. The summed E-state index contributed by atoms with van der Waals surface area (Å²) >= 11 is 1.50. The molecule has 0 spiro atoms. The minimum absolute atomic E-state index is 0.116. The zero-order valence-electron chi connectivity index (χ0n) is 13.9. The van der Waals surface area contributed by atoms with Gasteiger partial charge in [-0.25, -0.2) is 4.98 Å². The van der Waals surface area contributed by atoms with Gasteiger partial charge in [-0.2, -0.15) is 5.10 Å². The van der Waals surface area contributed by atoms with Crippen LogP contribution in [0.25, 0.3) is 21.8 Å². The van der Waals surface area contributed by atoms with Gasteiger partial charge in [0, 0.05) is 22.7 Å². The van der Waals surface area contributed by atoms with E-state index in [0.717, 1.165) is 34.7 Å². The largest absolute Gasteiger partial charge is 0.507 e. The molecule has 1 aromatic carbocycles. The van der Waals surface area contributed by atoms with Crippen LogP contribution in [-0.4, -0.2) is 27.4 Å². The van der Waals surface area contributed by atoms with E-state index in [1.54, 1.807) is 13.2 Å². The minimum Gasteiger partial charge on any atom is -0.507 e. The first-order valence-corrected chi connectivity index (χ1v) is 8.59. The second-order valence-corrected chi connectivity index (χ2v) is 6.44. The number of anilines is 1. The highest BCUT2D eigenvalue weighted by Gasteiger charge is 2.21. The number of aromatic nitrogens is 3. The van der Waals surface area contributed by atoms with E-state index in [0.29, 0.717) is 22.8 Å². The van der Waals surface area contributed by atoms with Crippen LogP contribution in [-0.2, 0) is 6.42 Å². The molecule has 0 unspecified atom stereocenters. The van der Waals surface area contributed by atoms with Gasteiger partial charge in [-0.05, 0) is 25.0 Å². The van der Waals surface area contributed by atoms with Crippen molar-refractivity contribution in [3.05, 3.63) is 28.8 Å². The Bertz CT molecular complexity index is 870. The molecule has 0 saturated carbocycles. The zero-order valence-corrected chi connectivity index (χ0v) is 14.7. The molecule has 7 heteroatoms. The first kappa shape index (κ1) is 16.3. The number of hydrogen-bond acceptors (Lipinski definition) is 6. The molecule has 3 rings (SSSR count). The highest BCUT2D eigenvalue weighted by atomic mass is 32.1. The van der Waals surface area contributed by atoms with Crippen LogP contribution < -0.4 is 10.5 Å². The molecule has 2 heterocycles. The predicted molar refractivity (Wildman–Crippen MR) is 96.5 cm³/mol. The normalized spacial score (nSPS) is 11.0. The number of methoxy groups -OCH3 is 1. The van der Waals surface area contributed by atoms with Gasteiger partial charge in [0.1, 0.15) is 16.5 Å². The minimum atomic E-state index is 0.116. The van der Waals surface area contributed by atoms with Gasteiger partial charge in [0.15, 0.2) is 5.82 Å². The van der Waals surface area contributed by atoms with Crippen molar-refractivity contribution in [2.24, 2.45) is 0 Å². The Balaban J connectivity index is 2.18. The lowest BCUT2D eigenvalue weighted by molar-refractivity contribution is 0.403. The number of aryl methyl sites for hydroxylation is 2. The molecule has 0 aliphatic carbocycles. The molecule has 0 amide bonds. The molecule has 0 atom stereocenters. The van der Waals surface area contributed by atoms with Crippen LogP contribution in [0.4, 0.5) is 5.82 Å². The van der Waals surface area contributed by atoms with E-state index < -0.39 is 0 Å². The molecule has 3 aromatic rings. The summed E-state index contributed by atoms with van der Waals surface area (Å²) in [6.07, 6.45) is 1.83. The maximum absolute atomic E-state index is 10.5. The summed E-state index contributed by atoms with van der Waals surface area (Å²) < 4.78 is 5.37. The molecule has 0 bridgehead atoms. The lowest BCUT2D eigenvalue weighted by Crippen LogP contribution is -1.94. The smallest absolute Gasteiger partial charge is 0.156 e. The number of H-pyrrole nitrogens is 1. The number of aromatic amines is 1. The van der Waals surface area contributed by atoms with Gasteiger partial charge >= 0.3 is 0 Å². The number of ether oxygens (including phenoxy) is 1. The molecule has 0 aliphatic heterocycles. The fraction of sp³-hybridized carbons (Fsp3) is 0.294. The van der Waals surface area contributed by atoms with Crippen molar-refractivity contribution in [1.29, 1.82) is 0 Å². The summed E-state index contributed by atoms with van der Waals surface area (Å²) in [5.74, 6) is 1.16. The molecular formula is C17H20N4O2S. The van der Waals surface area contributed by atoms with E-state index >= 15 is 0 Å². The number of nitrogens with one attached hydrogen (secondary N) is 1. The number of nitrogen functional groups attached to an aromatic ring is 1. The molecule has 24 heavy (non-hydrogen) atoms. The van der Waals surface area contributed by atoms with Gasteiger partial charge in [-0.1, -0.05) is 13.3 Å². The van der Waals surface area contributed by atoms with Gasteiger partial charge in [-0.3, -0.25) is 5.10 Å². The van der Waals surface area contributed by atoms with Gasteiger partial charge in [0.25, 0.3) is 0 Å². The van der Waals surface area contributed by atoms with Crippen LogP contribution in [0.3, 0.4) is 0 Å². The van der Waals surface area contributed by atoms with Crippen molar-refractivity contribution in [2.75, 3.05) is 12.8 Å². The second-order valence-electron chi connectivity index (χ2n) is 5.58. The Morgan fingerprint density at radius 2 is 2.17 bits per heavy atom. The van der Waals surface area contributed by atoms with E-state index in [-0.39, 0.29) is 5.75 Å². The van der Waals surface area contributed by atoms with Gasteiger partial charge in [-0.15, -0.1) is 11.3 Å². The van der Waals surface area contributed by atoms with E-state index in [1.165, 1.54) is 11.3 Å². The van der Waals surface area contributed by atoms with Crippen molar-refractivity contribution >= 4 is 17.2 Å². The number of phenolic OH excluding ortho intramolecular Hbond substituents is 1. The predicted octanol–water partition coefficient (Wildman–Crippen LogP) is 3.76. The highest BCUT2D eigenvalue weighted by Crippen LogP contribution is 2.42. The molecule has 126 valence electrons. The number of aromatic hydroxyl groups is 1. The van der Waals surface area contributed by atoms with E-state index in [2.05, 4.69) is 22.1 Å². The number of rotatable bonds is 5. The van der Waals surface area contributed by atoms with E-state index in [9.17, 15) is 5.11 Å². The third-order valence-corrected chi connectivity index (χ3v) is 4.79. The molecule has 0 radical (unpaired) electrons. The van der Waals surface area contributed by atoms with Crippen LogP contribution >= 0.6 is 11.3 Å². The topological polar surface area (TPSA) is 97.1 Å². The molecule has 0 saturated heterocycles. The van der Waals surface area contributed by atoms with Crippen LogP contribution in [0.5, 0.6) is 11.5 Å². The van der Waals surface area contributed by atoms with Crippen LogP contribution in [0.2, 0.25) is 0 Å². The van der Waals surface area contributed by atoms with Crippen molar-refractivity contribution in [2.45, 2.75) is 26.7 Å². The highest BCUT2D eigenvalue weighted by molar-refractivity contribution is 7.13. The number of hydrogen-bond donors (Lipinski definition) is 3. The number of phenols is 1. The molecule has 0 fully saturated rings. The maximum atomic E-state index is 10.5. The third kappa shape index (κ3) is 2.82. The zero-order chi connectivity index (χ0) is 17.3. The molecule has 0 aliphatic rings. The first-order chi connectivity index (χ1) is 11.5. The summed E-state index contributed by atoms with van der Waals surface area (Å²) in [7, 11) is 1.60. The fourth-order valence-electron chi connectivity index (χ4n) is 2.71. The van der Waals surface area contributed by atoms with Crippen molar-refractivity contribution in [1.82, 2.24) is 15.2 Å². The summed E-state index contributed by atoms with van der Waals surface area (Å²) in [6.45, 7) is 4.03. The maximum Gasteiger partial charge on any atom is 0.156 e. The average molecular weight is 344 g/mol. The number of benzene rings is 1. The average Bonchev–Trinajstić information content (AvgIpc) is 3.14. The third-order valence-electron chi connectivity index (χ3n) is 3.81. The fourth-order valence-corrected chi connectivity index (χ4v) is 3.56. The standard InChI is InChI=1S/C17H20N4O2S/c1-4-5-10-6-11(12(22)7-13(10)23-3)15-14(16(18)21-20-15)17-19-9(2)8-24-17/h6-8,22H,4-5H2,1-3H3,(H3,18,20,21). The molecule has 6 nitrogen and oxygen atoms in total. The Kier molecular flexibility index (Phi) is 4.44. The van der Waals surface area contributed by atoms with Gasteiger partial charge < -0.3 is 15.6 Å². The van der Waals surface area contributed by atoms with Crippen molar-refractivity contribution in [3.8, 4) is 33.3 Å². The van der Waals surface area contributed by atoms with Crippen LogP contribution in [0, 0.1) is 6.92 Å². The Morgan fingerprint density at radius 3 is 2.79 bits per heavy atom. The van der Waals surface area contributed by atoms with Crippen LogP contribution in [0.1, 0.15) is 24.6 Å². The van der Waals surface area contributed by atoms with Crippen molar-refractivity contribution < 1.29 is 9.84 Å². The van der Waals surface area contributed by atoms with Crippen molar-refractivity contribution in [3.63, 3.8) is 0 Å². The van der Waals surface area contributed by atoms with E-state index in [4.69, 9.17) is 10.5 Å². The molecule has 2 aromatic heterocycles. The number of thiazole rings is 1. The SMILES string of the molecule is CCCc1cc(-c2[nH]nc(N)c2-c2nc(C)cs2)c(O)cc1OC. The number of nitrogens with two attached hydrogens (primary N) is 1.